The van der Waals surface area contributed by atoms with E-state index in [1.54, 1.807) is 6.20 Å². The summed E-state index contributed by atoms with van der Waals surface area (Å²) >= 11 is 0. The molecule has 4 N–H and O–H groups in total. The first-order valence-electron chi connectivity index (χ1n) is 9.60. The van der Waals surface area contributed by atoms with Gasteiger partial charge in [-0.05, 0) is 43.7 Å². The van der Waals surface area contributed by atoms with Crippen LogP contribution in [-0.2, 0) is 6.54 Å². The molecule has 4 rings (SSSR count). The van der Waals surface area contributed by atoms with Gasteiger partial charge in [-0.3, -0.25) is 5.10 Å². The van der Waals surface area contributed by atoms with Crippen LogP contribution in [0.15, 0.2) is 54.7 Å². The Kier molecular flexibility index (Phi) is 5.30. The molecule has 8 nitrogen and oxygen atoms in total. The molecule has 0 aliphatic heterocycles. The lowest BCUT2D eigenvalue weighted by Crippen LogP contribution is -2.28. The smallest absolute Gasteiger partial charge is 0.312 e. The number of aromatic nitrogens is 4. The Morgan fingerprint density at radius 3 is 2.70 bits per heavy atom. The zero-order valence-electron chi connectivity index (χ0n) is 16.7. The molecule has 2 heterocycles. The molecule has 152 valence electrons. The van der Waals surface area contributed by atoms with E-state index >= 15 is 0 Å². The first-order valence-corrected chi connectivity index (χ1v) is 9.60. The topological polar surface area (TPSA) is 119 Å². The number of carbonyl (C=O) groups is 1. The van der Waals surface area contributed by atoms with E-state index in [0.29, 0.717) is 18.1 Å². The highest BCUT2D eigenvalue weighted by Crippen LogP contribution is 2.29. The number of carbonyl (C=O) groups excluding carboxylic acids is 1. The minimum atomic E-state index is -0.548. The Labute approximate surface area is 173 Å². The summed E-state index contributed by atoms with van der Waals surface area (Å²) in [6.07, 6.45) is 1.80. The molecule has 0 spiro atoms. The van der Waals surface area contributed by atoms with Gasteiger partial charge in [-0.2, -0.15) is 5.10 Å². The molecule has 0 saturated heterocycles. The Bertz CT molecular complexity index is 1180. The predicted molar refractivity (Wildman–Crippen MR) is 115 cm³/mol. The Balaban J connectivity index is 1.64. The summed E-state index contributed by atoms with van der Waals surface area (Å²) in [7, 11) is 0. The number of amides is 2. The number of ether oxygens (including phenoxy) is 1. The molecule has 8 heteroatoms. The fraction of sp³-hybridized carbons (Fsp3) is 0.182. The van der Waals surface area contributed by atoms with E-state index in [2.05, 4.69) is 20.5 Å². The zero-order valence-corrected chi connectivity index (χ0v) is 16.7. The van der Waals surface area contributed by atoms with Crippen LogP contribution < -0.4 is 15.8 Å². The van der Waals surface area contributed by atoms with Crippen molar-refractivity contribution in [3.63, 3.8) is 0 Å². The maximum atomic E-state index is 10.9. The van der Waals surface area contributed by atoms with Crippen LogP contribution in [0, 0.1) is 0 Å². The molecule has 2 aromatic carbocycles. The Morgan fingerprint density at radius 2 is 1.97 bits per heavy atom. The number of hydrogen-bond acceptors (Lipinski definition) is 5. The van der Waals surface area contributed by atoms with Crippen LogP contribution in [0.2, 0.25) is 0 Å². The van der Waals surface area contributed by atoms with Gasteiger partial charge in [-0.15, -0.1) is 0 Å². The van der Waals surface area contributed by atoms with Crippen LogP contribution >= 0.6 is 0 Å². The lowest BCUT2D eigenvalue weighted by Gasteiger charge is -2.09. The molecule has 0 aliphatic rings. The highest BCUT2D eigenvalue weighted by atomic mass is 16.5. The van der Waals surface area contributed by atoms with Gasteiger partial charge >= 0.3 is 6.03 Å². The van der Waals surface area contributed by atoms with Crippen LogP contribution in [-0.4, -0.2) is 32.3 Å². The van der Waals surface area contributed by atoms with Crippen LogP contribution in [0.4, 0.5) is 4.79 Å². The third kappa shape index (κ3) is 4.22. The molecule has 4 aromatic rings. The number of urea groups is 1. The fourth-order valence-electron chi connectivity index (χ4n) is 3.13. The standard InChI is InChI=1S/C22H22N6O2/c1-13(2)30-16-7-8-19-17(11-16)20(28-27-19)21-24-10-9-18(26-21)15-5-3-14(4-6-15)12-25-22(23)29/h3-11,13H,12H2,1-2H3,(H,27,28)(H3,23,25,29). The molecule has 2 aromatic heterocycles. The van der Waals surface area contributed by atoms with Crippen molar-refractivity contribution in [3.05, 3.63) is 60.3 Å². The summed E-state index contributed by atoms with van der Waals surface area (Å²) in [5.41, 5.74) is 9.33. The third-order valence-electron chi connectivity index (χ3n) is 4.49. The Morgan fingerprint density at radius 1 is 1.17 bits per heavy atom. The quantitative estimate of drug-likeness (QED) is 0.455. The van der Waals surface area contributed by atoms with Gasteiger partial charge in [0.25, 0.3) is 0 Å². The first-order chi connectivity index (χ1) is 14.5. The average molecular weight is 402 g/mol. The summed E-state index contributed by atoms with van der Waals surface area (Å²) in [6.45, 7) is 4.36. The minimum absolute atomic E-state index is 0.0820. The largest absolute Gasteiger partial charge is 0.491 e. The number of nitrogens with one attached hydrogen (secondary N) is 2. The molecule has 0 aliphatic carbocycles. The highest BCUT2D eigenvalue weighted by molar-refractivity contribution is 5.92. The molecular weight excluding hydrogens is 380 g/mol. The van der Waals surface area contributed by atoms with E-state index in [4.69, 9.17) is 15.5 Å². The summed E-state index contributed by atoms with van der Waals surface area (Å²) in [5, 5.41) is 10.9. The molecule has 0 fully saturated rings. The lowest BCUT2D eigenvalue weighted by molar-refractivity contribution is 0.242. The van der Waals surface area contributed by atoms with Crippen LogP contribution in [0.5, 0.6) is 5.75 Å². The number of rotatable bonds is 6. The summed E-state index contributed by atoms with van der Waals surface area (Å²) in [5.74, 6) is 1.30. The van der Waals surface area contributed by atoms with Gasteiger partial charge < -0.3 is 15.8 Å². The number of hydrogen-bond donors (Lipinski definition) is 3. The number of primary amides is 1. The van der Waals surface area contributed by atoms with Gasteiger partial charge in [0.15, 0.2) is 5.82 Å². The second-order valence-electron chi connectivity index (χ2n) is 7.13. The molecule has 0 unspecified atom stereocenters. The van der Waals surface area contributed by atoms with Crippen LogP contribution in [0.3, 0.4) is 0 Å². The number of fused-ring (bicyclic) bond motifs is 1. The molecule has 0 bridgehead atoms. The second kappa shape index (κ2) is 8.20. The van der Waals surface area contributed by atoms with E-state index in [9.17, 15) is 4.79 Å². The van der Waals surface area contributed by atoms with Crippen molar-refractivity contribution in [2.24, 2.45) is 5.73 Å². The molecule has 0 saturated carbocycles. The SMILES string of the molecule is CC(C)Oc1ccc2[nH]nc(-c3nccc(-c4ccc(CNC(N)=O)cc4)n3)c2c1. The number of H-pyrrole nitrogens is 1. The fourth-order valence-corrected chi connectivity index (χ4v) is 3.13. The number of nitrogens with two attached hydrogens (primary N) is 1. The number of aromatic amines is 1. The average Bonchev–Trinajstić information content (AvgIpc) is 3.15. The van der Waals surface area contributed by atoms with Crippen molar-refractivity contribution in [1.82, 2.24) is 25.5 Å². The lowest BCUT2D eigenvalue weighted by atomic mass is 10.1. The van der Waals surface area contributed by atoms with Crippen LogP contribution in [0.1, 0.15) is 19.4 Å². The molecular formula is C22H22N6O2. The van der Waals surface area contributed by atoms with Crippen LogP contribution in [0.25, 0.3) is 33.7 Å². The van der Waals surface area contributed by atoms with Gasteiger partial charge in [-0.25, -0.2) is 14.8 Å². The van der Waals surface area contributed by atoms with Crippen molar-refractivity contribution < 1.29 is 9.53 Å². The highest BCUT2D eigenvalue weighted by Gasteiger charge is 2.13. The third-order valence-corrected chi connectivity index (χ3v) is 4.49. The normalized spacial score (nSPS) is 11.0. The van der Waals surface area contributed by atoms with Crippen molar-refractivity contribution in [1.29, 1.82) is 0 Å². The van der Waals surface area contributed by atoms with E-state index < -0.39 is 6.03 Å². The van der Waals surface area contributed by atoms with Gasteiger partial charge in [0.1, 0.15) is 11.4 Å². The summed E-state index contributed by atoms with van der Waals surface area (Å²) < 4.78 is 5.80. The molecule has 2 amide bonds. The minimum Gasteiger partial charge on any atom is -0.491 e. The summed E-state index contributed by atoms with van der Waals surface area (Å²) in [6, 6.07) is 14.8. The maximum absolute atomic E-state index is 10.9. The monoisotopic (exact) mass is 402 g/mol. The predicted octanol–water partition coefficient (Wildman–Crippen LogP) is 3.64. The van der Waals surface area contributed by atoms with Gasteiger partial charge in [0.05, 0.1) is 17.3 Å². The Hall–Kier alpha value is -3.94. The summed E-state index contributed by atoms with van der Waals surface area (Å²) in [4.78, 5) is 20.0. The van der Waals surface area contributed by atoms with Gasteiger partial charge in [0, 0.05) is 23.7 Å². The van der Waals surface area contributed by atoms with Crippen molar-refractivity contribution in [2.45, 2.75) is 26.5 Å². The second-order valence-corrected chi connectivity index (χ2v) is 7.13. The van der Waals surface area contributed by atoms with Crippen molar-refractivity contribution >= 4 is 16.9 Å². The molecule has 0 atom stereocenters. The van der Waals surface area contributed by atoms with E-state index in [1.165, 1.54) is 0 Å². The molecule has 30 heavy (non-hydrogen) atoms. The van der Waals surface area contributed by atoms with Crippen molar-refractivity contribution in [2.75, 3.05) is 0 Å². The van der Waals surface area contributed by atoms with Crippen molar-refractivity contribution in [3.8, 4) is 28.5 Å². The van der Waals surface area contributed by atoms with E-state index in [0.717, 1.165) is 33.5 Å². The van der Waals surface area contributed by atoms with Gasteiger partial charge in [0.2, 0.25) is 0 Å². The molecule has 0 radical (unpaired) electrons. The van der Waals surface area contributed by atoms with E-state index in [1.807, 2.05) is 62.4 Å². The number of benzene rings is 2. The maximum Gasteiger partial charge on any atom is 0.312 e. The van der Waals surface area contributed by atoms with E-state index in [-0.39, 0.29) is 6.10 Å². The van der Waals surface area contributed by atoms with Gasteiger partial charge in [-0.1, -0.05) is 24.3 Å². The first kappa shape index (κ1) is 19.4. The zero-order chi connectivity index (χ0) is 21.1. The number of nitrogens with zero attached hydrogens (tertiary/aromatic N) is 3.